The third-order valence-electron chi connectivity index (χ3n) is 2.42. The average molecular weight is 294 g/mol. The minimum absolute atomic E-state index is 0.108. The van der Waals surface area contributed by atoms with Crippen LogP contribution < -0.4 is 26.1 Å². The highest BCUT2D eigenvalue weighted by Gasteiger charge is 2.09. The Hall–Kier alpha value is -2.68. The van der Waals surface area contributed by atoms with Crippen molar-refractivity contribution in [3.63, 3.8) is 0 Å². The molecule has 1 aromatic heterocycles. The molecular weight excluding hydrogens is 279 g/mol. The number of halogens is 1. The van der Waals surface area contributed by atoms with E-state index in [4.69, 9.17) is 15.3 Å². The van der Waals surface area contributed by atoms with Gasteiger partial charge in [-0.25, -0.2) is 10.2 Å². The summed E-state index contributed by atoms with van der Waals surface area (Å²) >= 11 is 0. The monoisotopic (exact) mass is 294 g/mol. The number of rotatable bonds is 6. The molecule has 2 rings (SSSR count). The zero-order valence-corrected chi connectivity index (χ0v) is 11.6. The number of hydrazine groups is 1. The van der Waals surface area contributed by atoms with E-state index in [0.717, 1.165) is 0 Å². The molecule has 21 heavy (non-hydrogen) atoms. The van der Waals surface area contributed by atoms with Crippen molar-refractivity contribution in [2.75, 3.05) is 24.5 Å². The first-order valence-corrected chi connectivity index (χ1v) is 6.12. The van der Waals surface area contributed by atoms with Gasteiger partial charge in [0.05, 0.1) is 13.7 Å². The van der Waals surface area contributed by atoms with Crippen molar-refractivity contribution in [3.8, 4) is 11.8 Å². The normalized spacial score (nSPS) is 10.1. The van der Waals surface area contributed by atoms with Gasteiger partial charge in [-0.05, 0) is 19.1 Å². The number of anilines is 3. The molecule has 1 aromatic carbocycles. The molecule has 0 unspecified atom stereocenters. The number of hydrogen-bond donors (Lipinski definition) is 3. The Balaban J connectivity index is 2.27. The van der Waals surface area contributed by atoms with E-state index < -0.39 is 5.82 Å². The zero-order chi connectivity index (χ0) is 15.2. The van der Waals surface area contributed by atoms with Crippen molar-refractivity contribution in [1.82, 2.24) is 15.0 Å². The minimum atomic E-state index is -0.460. The Bertz CT molecular complexity index is 625. The van der Waals surface area contributed by atoms with Crippen LogP contribution in [0.25, 0.3) is 0 Å². The number of nitrogen functional groups attached to an aromatic ring is 1. The van der Waals surface area contributed by atoms with E-state index in [1.807, 2.05) is 0 Å². The molecule has 8 nitrogen and oxygen atoms in total. The van der Waals surface area contributed by atoms with Gasteiger partial charge in [0.2, 0.25) is 11.9 Å². The van der Waals surface area contributed by atoms with Gasteiger partial charge in [-0.1, -0.05) is 0 Å². The Morgan fingerprint density at radius 1 is 1.24 bits per heavy atom. The van der Waals surface area contributed by atoms with E-state index in [-0.39, 0.29) is 23.7 Å². The first-order valence-electron chi connectivity index (χ1n) is 6.12. The maximum atomic E-state index is 13.4. The van der Waals surface area contributed by atoms with Crippen molar-refractivity contribution in [2.24, 2.45) is 5.84 Å². The summed E-state index contributed by atoms with van der Waals surface area (Å²) in [6, 6.07) is 4.40. The molecule has 0 fully saturated rings. The molecule has 0 amide bonds. The van der Waals surface area contributed by atoms with Crippen LogP contribution in [-0.4, -0.2) is 28.7 Å². The highest BCUT2D eigenvalue weighted by molar-refractivity contribution is 5.57. The lowest BCUT2D eigenvalue weighted by molar-refractivity contribution is 0.312. The quantitative estimate of drug-likeness (QED) is 0.543. The summed E-state index contributed by atoms with van der Waals surface area (Å²) in [7, 11) is 1.38. The molecule has 0 aliphatic rings. The molecule has 0 saturated carbocycles. The highest BCUT2D eigenvalue weighted by atomic mass is 19.1. The van der Waals surface area contributed by atoms with E-state index in [9.17, 15) is 4.39 Å². The minimum Gasteiger partial charge on any atom is -0.494 e. The molecule has 0 saturated heterocycles. The molecule has 9 heteroatoms. The van der Waals surface area contributed by atoms with Crippen LogP contribution in [0.4, 0.5) is 22.0 Å². The van der Waals surface area contributed by atoms with Crippen LogP contribution in [0.2, 0.25) is 0 Å². The van der Waals surface area contributed by atoms with Gasteiger partial charge in [-0.15, -0.1) is 0 Å². The molecular formula is C12H15FN6O2. The van der Waals surface area contributed by atoms with Crippen molar-refractivity contribution in [1.29, 1.82) is 0 Å². The van der Waals surface area contributed by atoms with Crippen molar-refractivity contribution in [3.05, 3.63) is 24.0 Å². The van der Waals surface area contributed by atoms with Crippen LogP contribution >= 0.6 is 0 Å². The standard InChI is InChI=1S/C12H15FN6O2/c1-3-21-12-17-10(16-11(18-12)19-14)15-7-4-5-8(13)9(6-7)20-2/h4-6H,3,14H2,1-2H3,(H2,15,16,17,18,19). The fourth-order valence-electron chi connectivity index (χ4n) is 1.54. The molecule has 112 valence electrons. The summed E-state index contributed by atoms with van der Waals surface area (Å²) in [6.07, 6.45) is 0. The molecule has 2 aromatic rings. The summed E-state index contributed by atoms with van der Waals surface area (Å²) in [5.74, 6) is 5.28. The van der Waals surface area contributed by atoms with Crippen LogP contribution in [0.1, 0.15) is 6.92 Å². The predicted octanol–water partition coefficient (Wildman–Crippen LogP) is 1.45. The van der Waals surface area contributed by atoms with E-state index in [1.54, 1.807) is 6.92 Å². The second kappa shape index (κ2) is 6.66. The number of ether oxygens (including phenoxy) is 2. The maximum absolute atomic E-state index is 13.4. The van der Waals surface area contributed by atoms with Crippen molar-refractivity contribution >= 4 is 17.6 Å². The van der Waals surface area contributed by atoms with Crippen molar-refractivity contribution < 1.29 is 13.9 Å². The number of nitrogens with one attached hydrogen (secondary N) is 2. The summed E-state index contributed by atoms with van der Waals surface area (Å²) in [4.78, 5) is 12.0. The summed E-state index contributed by atoms with van der Waals surface area (Å²) in [5.41, 5.74) is 2.86. The van der Waals surface area contributed by atoms with Gasteiger partial charge in [-0.3, -0.25) is 5.43 Å². The smallest absolute Gasteiger partial charge is 0.323 e. The SMILES string of the molecule is CCOc1nc(NN)nc(Nc2ccc(F)c(OC)c2)n1. The molecule has 0 aliphatic carbocycles. The molecule has 0 radical (unpaired) electrons. The fourth-order valence-corrected chi connectivity index (χ4v) is 1.54. The number of hydrogen-bond acceptors (Lipinski definition) is 8. The zero-order valence-electron chi connectivity index (χ0n) is 11.6. The number of nitrogens with zero attached hydrogens (tertiary/aromatic N) is 3. The van der Waals surface area contributed by atoms with Gasteiger partial charge in [0, 0.05) is 11.8 Å². The first-order chi connectivity index (χ1) is 10.2. The van der Waals surface area contributed by atoms with E-state index in [2.05, 4.69) is 25.7 Å². The van der Waals surface area contributed by atoms with Gasteiger partial charge < -0.3 is 14.8 Å². The topological polar surface area (TPSA) is 107 Å². The molecule has 0 atom stereocenters. The second-order valence-electron chi connectivity index (χ2n) is 3.82. The Kier molecular flexibility index (Phi) is 4.67. The number of methoxy groups -OCH3 is 1. The Labute approximate surface area is 120 Å². The van der Waals surface area contributed by atoms with E-state index in [1.165, 1.54) is 25.3 Å². The van der Waals surface area contributed by atoms with Crippen LogP contribution in [0, 0.1) is 5.82 Å². The molecule has 0 spiro atoms. The van der Waals surface area contributed by atoms with Gasteiger partial charge in [0.15, 0.2) is 11.6 Å². The lowest BCUT2D eigenvalue weighted by Gasteiger charge is -2.09. The van der Waals surface area contributed by atoms with Crippen LogP contribution in [0.5, 0.6) is 11.8 Å². The largest absolute Gasteiger partial charge is 0.494 e. The first kappa shape index (κ1) is 14.7. The van der Waals surface area contributed by atoms with E-state index in [0.29, 0.717) is 12.3 Å². The van der Waals surface area contributed by atoms with E-state index >= 15 is 0 Å². The average Bonchev–Trinajstić information content (AvgIpc) is 2.49. The third kappa shape index (κ3) is 3.66. The molecule has 4 N–H and O–H groups in total. The van der Waals surface area contributed by atoms with Crippen LogP contribution in [0.15, 0.2) is 18.2 Å². The van der Waals surface area contributed by atoms with Gasteiger partial charge in [-0.2, -0.15) is 15.0 Å². The van der Waals surface area contributed by atoms with Gasteiger partial charge >= 0.3 is 6.01 Å². The van der Waals surface area contributed by atoms with Crippen LogP contribution in [-0.2, 0) is 0 Å². The lowest BCUT2D eigenvalue weighted by atomic mass is 10.3. The van der Waals surface area contributed by atoms with Gasteiger partial charge in [0.25, 0.3) is 0 Å². The van der Waals surface area contributed by atoms with Gasteiger partial charge in [0.1, 0.15) is 0 Å². The van der Waals surface area contributed by atoms with Crippen molar-refractivity contribution in [2.45, 2.75) is 6.92 Å². The molecule has 1 heterocycles. The number of nitrogens with two attached hydrogens (primary N) is 1. The molecule has 0 bridgehead atoms. The number of benzene rings is 1. The number of aromatic nitrogens is 3. The summed E-state index contributed by atoms with van der Waals surface area (Å²) < 4.78 is 23.5. The second-order valence-corrected chi connectivity index (χ2v) is 3.82. The Morgan fingerprint density at radius 2 is 2.00 bits per heavy atom. The third-order valence-corrected chi connectivity index (χ3v) is 2.42. The van der Waals surface area contributed by atoms with Crippen LogP contribution in [0.3, 0.4) is 0 Å². The summed E-state index contributed by atoms with van der Waals surface area (Å²) in [5, 5.41) is 2.89. The fraction of sp³-hybridized carbons (Fsp3) is 0.250. The maximum Gasteiger partial charge on any atom is 0.323 e. The summed E-state index contributed by atoms with van der Waals surface area (Å²) in [6.45, 7) is 2.20. The Morgan fingerprint density at radius 3 is 2.67 bits per heavy atom. The molecule has 0 aliphatic heterocycles. The predicted molar refractivity (Wildman–Crippen MR) is 75.0 cm³/mol. The lowest BCUT2D eigenvalue weighted by Crippen LogP contribution is -2.13. The highest BCUT2D eigenvalue weighted by Crippen LogP contribution is 2.23.